The molecule has 0 heterocycles. The number of hydrogen-bond donors (Lipinski definition) is 0. The maximum Gasteiger partial charge on any atom is 0.138 e. The Morgan fingerprint density at radius 1 is 0.750 bits per heavy atom. The first kappa shape index (κ1) is 19.4. The first-order valence-corrected chi connectivity index (χ1v) is 9.89. The van der Waals surface area contributed by atoms with Gasteiger partial charge in [-0.1, -0.05) is 48.3 Å². The number of hydrogen-bond acceptors (Lipinski definition) is 2. The van der Waals surface area contributed by atoms with Crippen molar-refractivity contribution in [3.63, 3.8) is 0 Å². The van der Waals surface area contributed by atoms with Crippen LogP contribution >= 0.6 is 11.8 Å². The van der Waals surface area contributed by atoms with E-state index in [1.807, 2.05) is 48.5 Å². The van der Waals surface area contributed by atoms with Gasteiger partial charge in [-0.2, -0.15) is 5.26 Å². The van der Waals surface area contributed by atoms with Crippen LogP contribution in [-0.4, -0.2) is 0 Å². The molecule has 0 saturated heterocycles. The second-order valence-corrected chi connectivity index (χ2v) is 7.17. The molecule has 0 spiro atoms. The third kappa shape index (κ3) is 5.31. The van der Waals surface area contributed by atoms with Crippen LogP contribution in [0.1, 0.15) is 40.3 Å². The number of thiocyanates is 1. The van der Waals surface area contributed by atoms with E-state index < -0.39 is 0 Å². The number of aryl methyl sites for hydroxylation is 2. The lowest BCUT2D eigenvalue weighted by Gasteiger charge is -2.02. The first-order chi connectivity index (χ1) is 13.7. The minimum Gasteiger partial charge on any atom is -0.185 e. The minimum absolute atomic E-state index is 0.905. The van der Waals surface area contributed by atoms with Gasteiger partial charge in [0, 0.05) is 27.1 Å². The van der Waals surface area contributed by atoms with Crippen LogP contribution in [0.5, 0.6) is 0 Å². The zero-order valence-corrected chi connectivity index (χ0v) is 16.7. The predicted octanol–water partition coefficient (Wildman–Crippen LogP) is 5.93. The summed E-state index contributed by atoms with van der Waals surface area (Å²) in [6.45, 7) is 4.20. The van der Waals surface area contributed by atoms with Gasteiger partial charge < -0.3 is 0 Å². The average molecular weight is 378 g/mol. The van der Waals surface area contributed by atoms with Crippen LogP contribution in [0, 0.1) is 41.3 Å². The molecule has 3 aromatic carbocycles. The smallest absolute Gasteiger partial charge is 0.138 e. The molecule has 0 fully saturated rings. The van der Waals surface area contributed by atoms with Gasteiger partial charge in [-0.25, -0.2) is 0 Å². The fourth-order valence-electron chi connectivity index (χ4n) is 2.67. The highest BCUT2D eigenvalue weighted by Gasteiger charge is 2.00. The summed E-state index contributed by atoms with van der Waals surface area (Å²) in [7, 11) is 0. The number of nitriles is 1. The van der Waals surface area contributed by atoms with Crippen molar-refractivity contribution < 1.29 is 0 Å². The predicted molar refractivity (Wildman–Crippen MR) is 117 cm³/mol. The Labute approximate surface area is 171 Å². The molecular formula is C26H19NS. The van der Waals surface area contributed by atoms with Crippen molar-refractivity contribution in [1.82, 2.24) is 0 Å². The molecule has 0 aliphatic rings. The van der Waals surface area contributed by atoms with E-state index in [4.69, 9.17) is 5.26 Å². The van der Waals surface area contributed by atoms with Crippen molar-refractivity contribution in [2.75, 3.05) is 0 Å². The highest BCUT2D eigenvalue weighted by atomic mass is 32.2. The van der Waals surface area contributed by atoms with E-state index in [0.717, 1.165) is 45.3 Å². The van der Waals surface area contributed by atoms with Gasteiger partial charge in [0.15, 0.2) is 0 Å². The van der Waals surface area contributed by atoms with Crippen molar-refractivity contribution in [1.29, 1.82) is 5.26 Å². The normalized spacial score (nSPS) is 9.46. The molecule has 2 heteroatoms. The van der Waals surface area contributed by atoms with Crippen LogP contribution in [0.25, 0.3) is 0 Å². The third-order valence-corrected chi connectivity index (χ3v) is 4.85. The topological polar surface area (TPSA) is 23.8 Å². The Morgan fingerprint density at radius 3 is 1.96 bits per heavy atom. The van der Waals surface area contributed by atoms with Crippen molar-refractivity contribution in [3.8, 4) is 29.1 Å². The second kappa shape index (κ2) is 9.53. The molecule has 28 heavy (non-hydrogen) atoms. The summed E-state index contributed by atoms with van der Waals surface area (Å²) in [6, 6.07) is 22.2. The molecule has 0 aliphatic heterocycles. The monoisotopic (exact) mass is 377 g/mol. The number of benzene rings is 3. The van der Waals surface area contributed by atoms with E-state index in [9.17, 15) is 0 Å². The molecular weight excluding hydrogens is 358 g/mol. The molecule has 0 aromatic heterocycles. The lowest BCUT2D eigenvalue weighted by atomic mass is 10.0. The number of nitrogens with zero attached hydrogens (tertiary/aromatic N) is 1. The number of thioether (sulfide) groups is 1. The summed E-state index contributed by atoms with van der Waals surface area (Å²) in [5, 5.41) is 10.8. The molecule has 0 bridgehead atoms. The van der Waals surface area contributed by atoms with Crippen LogP contribution < -0.4 is 0 Å². The zero-order valence-electron chi connectivity index (χ0n) is 15.9. The van der Waals surface area contributed by atoms with E-state index >= 15 is 0 Å². The summed E-state index contributed by atoms with van der Waals surface area (Å²) in [6.07, 6.45) is 0.905. The van der Waals surface area contributed by atoms with Gasteiger partial charge in [0.2, 0.25) is 0 Å². The van der Waals surface area contributed by atoms with Crippen molar-refractivity contribution in [3.05, 3.63) is 100 Å². The molecule has 0 saturated carbocycles. The number of rotatable bonds is 2. The maximum atomic E-state index is 8.71. The highest BCUT2D eigenvalue weighted by Crippen LogP contribution is 2.17. The molecule has 0 amide bonds. The summed E-state index contributed by atoms with van der Waals surface area (Å²) < 4.78 is 0. The zero-order chi connectivity index (χ0) is 19.8. The van der Waals surface area contributed by atoms with Crippen molar-refractivity contribution in [2.24, 2.45) is 0 Å². The Balaban J connectivity index is 1.81. The first-order valence-electron chi connectivity index (χ1n) is 9.07. The average Bonchev–Trinajstić information content (AvgIpc) is 2.73. The van der Waals surface area contributed by atoms with Gasteiger partial charge in [0.25, 0.3) is 0 Å². The second-order valence-electron chi connectivity index (χ2n) is 6.31. The Kier molecular flexibility index (Phi) is 6.59. The molecule has 3 aromatic rings. The standard InChI is InChI=1S/C26H19NS/c1-3-24-18-23(9-8-21-6-4-20(2)5-7-21)11-15-25(24)14-10-22-12-16-26(17-13-22)28-19-27/h4-7,11-13,15-18H,3H2,1-2H3. The van der Waals surface area contributed by atoms with E-state index in [1.165, 1.54) is 11.1 Å². The lowest BCUT2D eigenvalue weighted by Crippen LogP contribution is -1.89. The fourth-order valence-corrected chi connectivity index (χ4v) is 3.04. The summed E-state index contributed by atoms with van der Waals surface area (Å²) >= 11 is 1.15. The molecule has 0 N–H and O–H groups in total. The Hall–Kier alpha value is -3.38. The van der Waals surface area contributed by atoms with E-state index in [1.54, 1.807) is 0 Å². The van der Waals surface area contributed by atoms with Gasteiger partial charge in [-0.05, 0) is 85.3 Å². The van der Waals surface area contributed by atoms with Crippen LogP contribution in [0.2, 0.25) is 0 Å². The molecule has 3 rings (SSSR count). The largest absolute Gasteiger partial charge is 0.185 e. The van der Waals surface area contributed by atoms with Gasteiger partial charge in [-0.3, -0.25) is 0 Å². The van der Waals surface area contributed by atoms with E-state index in [0.29, 0.717) is 0 Å². The molecule has 134 valence electrons. The van der Waals surface area contributed by atoms with Gasteiger partial charge >= 0.3 is 0 Å². The van der Waals surface area contributed by atoms with Gasteiger partial charge in [0.05, 0.1) is 0 Å². The summed E-state index contributed by atoms with van der Waals surface area (Å²) in [4.78, 5) is 0.929. The summed E-state index contributed by atoms with van der Waals surface area (Å²) in [5.41, 5.74) is 6.41. The Bertz CT molecular complexity index is 1130. The van der Waals surface area contributed by atoms with Crippen molar-refractivity contribution in [2.45, 2.75) is 25.2 Å². The third-order valence-electron chi connectivity index (χ3n) is 4.25. The van der Waals surface area contributed by atoms with Crippen LogP contribution in [0.15, 0.2) is 71.6 Å². The Morgan fingerprint density at radius 2 is 1.32 bits per heavy atom. The van der Waals surface area contributed by atoms with E-state index in [2.05, 4.69) is 61.1 Å². The van der Waals surface area contributed by atoms with Crippen LogP contribution in [-0.2, 0) is 6.42 Å². The van der Waals surface area contributed by atoms with Crippen LogP contribution in [0.3, 0.4) is 0 Å². The molecule has 1 nitrogen and oxygen atoms in total. The fraction of sp³-hybridized carbons (Fsp3) is 0.115. The molecule has 0 aliphatic carbocycles. The molecule has 0 unspecified atom stereocenters. The van der Waals surface area contributed by atoms with Gasteiger partial charge in [0.1, 0.15) is 5.40 Å². The molecule has 0 radical (unpaired) electrons. The lowest BCUT2D eigenvalue weighted by molar-refractivity contribution is 1.13. The molecule has 0 atom stereocenters. The van der Waals surface area contributed by atoms with Gasteiger partial charge in [-0.15, -0.1) is 0 Å². The van der Waals surface area contributed by atoms with Crippen molar-refractivity contribution >= 4 is 11.8 Å². The highest BCUT2D eigenvalue weighted by molar-refractivity contribution is 8.03. The maximum absolute atomic E-state index is 8.71. The van der Waals surface area contributed by atoms with E-state index in [-0.39, 0.29) is 0 Å². The minimum atomic E-state index is 0.905. The SMILES string of the molecule is CCc1cc(C#Cc2ccc(C)cc2)ccc1C#Cc1ccc(SC#N)cc1. The van der Waals surface area contributed by atoms with Crippen LogP contribution in [0.4, 0.5) is 0 Å². The quantitative estimate of drug-likeness (QED) is 0.314. The summed E-state index contributed by atoms with van der Waals surface area (Å²) in [5.74, 6) is 12.9.